The number of furan rings is 1. The first-order chi connectivity index (χ1) is 12.7. The van der Waals surface area contributed by atoms with Crippen LogP contribution in [-0.4, -0.2) is 16.1 Å². The molecule has 26 heavy (non-hydrogen) atoms. The van der Waals surface area contributed by atoms with Crippen LogP contribution in [0.1, 0.15) is 41.1 Å². The van der Waals surface area contributed by atoms with E-state index in [1.54, 1.807) is 0 Å². The predicted octanol–water partition coefficient (Wildman–Crippen LogP) is 3.72. The number of fused-ring (bicyclic) bond motifs is 1. The number of hydrogen-bond acceptors (Lipinski definition) is 3. The van der Waals surface area contributed by atoms with Gasteiger partial charge in [-0.1, -0.05) is 29.8 Å². The minimum atomic E-state index is 0.0213. The number of nitrogens with zero attached hydrogens (tertiary/aromatic N) is 1. The van der Waals surface area contributed by atoms with Crippen molar-refractivity contribution in [2.45, 2.75) is 45.6 Å². The third kappa shape index (κ3) is 3.57. The summed E-state index contributed by atoms with van der Waals surface area (Å²) in [6.45, 7) is 2.56. The second-order valence-electron chi connectivity index (χ2n) is 6.89. The molecule has 0 aliphatic heterocycles. The zero-order valence-electron chi connectivity index (χ0n) is 15.0. The van der Waals surface area contributed by atoms with E-state index in [4.69, 9.17) is 4.42 Å². The van der Waals surface area contributed by atoms with Crippen LogP contribution in [0.2, 0.25) is 0 Å². The molecule has 0 bridgehead atoms. The number of aryl methyl sites for hydroxylation is 3. The monoisotopic (exact) mass is 349 g/mol. The topological polar surface area (TPSA) is 70.9 Å². The Morgan fingerprint density at radius 3 is 2.88 bits per heavy atom. The van der Waals surface area contributed by atoms with Gasteiger partial charge in [-0.05, 0) is 43.9 Å². The summed E-state index contributed by atoms with van der Waals surface area (Å²) in [5.74, 6) is 1.69. The highest BCUT2D eigenvalue weighted by Gasteiger charge is 2.18. The van der Waals surface area contributed by atoms with E-state index in [-0.39, 0.29) is 5.91 Å². The lowest BCUT2D eigenvalue weighted by molar-refractivity contribution is -0.121. The smallest absolute Gasteiger partial charge is 0.220 e. The van der Waals surface area contributed by atoms with Gasteiger partial charge in [0.05, 0.1) is 12.2 Å². The summed E-state index contributed by atoms with van der Waals surface area (Å²) >= 11 is 0. The summed E-state index contributed by atoms with van der Waals surface area (Å²) in [6.07, 6.45) is 4.31. The van der Waals surface area contributed by atoms with E-state index >= 15 is 0 Å². The van der Waals surface area contributed by atoms with Gasteiger partial charge in [0.15, 0.2) is 0 Å². The molecule has 1 aromatic carbocycles. The first-order valence-corrected chi connectivity index (χ1v) is 9.16. The van der Waals surface area contributed by atoms with Crippen molar-refractivity contribution in [2.75, 3.05) is 0 Å². The molecule has 4 rings (SSSR count). The Kier molecular flexibility index (Phi) is 4.61. The number of nitrogens with one attached hydrogen (secondary N) is 2. The molecule has 5 heteroatoms. The summed E-state index contributed by atoms with van der Waals surface area (Å²) in [5.41, 5.74) is 5.77. The summed E-state index contributed by atoms with van der Waals surface area (Å²) in [5, 5.41) is 10.4. The number of carbonyl (C=O) groups excluding carboxylic acids is 1. The molecule has 3 aromatic rings. The summed E-state index contributed by atoms with van der Waals surface area (Å²) in [6, 6.07) is 12.1. The molecular weight excluding hydrogens is 326 g/mol. The lowest BCUT2D eigenvalue weighted by atomic mass is 10.1. The minimum absolute atomic E-state index is 0.0213. The van der Waals surface area contributed by atoms with Crippen molar-refractivity contribution in [1.29, 1.82) is 0 Å². The number of carbonyl (C=O) groups is 1. The second-order valence-corrected chi connectivity index (χ2v) is 6.89. The number of H-pyrrole nitrogens is 1. The van der Waals surface area contributed by atoms with Crippen LogP contribution in [0.4, 0.5) is 0 Å². The molecule has 1 amide bonds. The zero-order valence-corrected chi connectivity index (χ0v) is 15.0. The van der Waals surface area contributed by atoms with E-state index in [9.17, 15) is 4.79 Å². The number of hydrogen-bond donors (Lipinski definition) is 2. The van der Waals surface area contributed by atoms with Gasteiger partial charge >= 0.3 is 0 Å². The number of amides is 1. The van der Waals surface area contributed by atoms with E-state index in [1.807, 2.05) is 24.3 Å². The molecule has 134 valence electrons. The van der Waals surface area contributed by atoms with Crippen LogP contribution in [0.3, 0.4) is 0 Å². The number of aromatic nitrogens is 2. The zero-order chi connectivity index (χ0) is 17.9. The van der Waals surface area contributed by atoms with Gasteiger partial charge in [0.2, 0.25) is 5.91 Å². The number of rotatable bonds is 6. The van der Waals surface area contributed by atoms with E-state index in [1.165, 1.54) is 23.2 Å². The molecule has 5 nitrogen and oxygen atoms in total. The quantitative estimate of drug-likeness (QED) is 0.712. The standard InChI is InChI=1S/C21H23N3O2/c1-14-5-7-15(8-6-14)20-11-9-16(26-20)10-12-21(25)22-13-19-17-3-2-4-18(17)23-24-19/h5-9,11H,2-4,10,12-13H2,1H3,(H,22,25)(H,23,24). The summed E-state index contributed by atoms with van der Waals surface area (Å²) in [7, 11) is 0. The Morgan fingerprint density at radius 2 is 2.04 bits per heavy atom. The van der Waals surface area contributed by atoms with Crippen molar-refractivity contribution in [2.24, 2.45) is 0 Å². The molecule has 0 fully saturated rings. The first-order valence-electron chi connectivity index (χ1n) is 9.16. The lowest BCUT2D eigenvalue weighted by Gasteiger charge is -2.04. The van der Waals surface area contributed by atoms with E-state index in [0.717, 1.165) is 35.6 Å². The van der Waals surface area contributed by atoms with E-state index < -0.39 is 0 Å². The molecule has 0 saturated carbocycles. The van der Waals surface area contributed by atoms with Gasteiger partial charge in [-0.2, -0.15) is 5.10 Å². The van der Waals surface area contributed by atoms with Crippen LogP contribution in [0, 0.1) is 6.92 Å². The van der Waals surface area contributed by atoms with Crippen LogP contribution in [0.15, 0.2) is 40.8 Å². The fourth-order valence-electron chi connectivity index (χ4n) is 3.43. The molecule has 2 aromatic heterocycles. The molecule has 2 N–H and O–H groups in total. The van der Waals surface area contributed by atoms with Crippen molar-refractivity contribution in [3.8, 4) is 11.3 Å². The SMILES string of the molecule is Cc1ccc(-c2ccc(CCC(=O)NCc3n[nH]c4c3CCC4)o2)cc1. The molecule has 2 heterocycles. The Bertz CT molecular complexity index is 906. The van der Waals surface area contributed by atoms with Crippen molar-refractivity contribution < 1.29 is 9.21 Å². The van der Waals surface area contributed by atoms with Crippen LogP contribution in [0.5, 0.6) is 0 Å². The van der Waals surface area contributed by atoms with E-state index in [2.05, 4.69) is 34.6 Å². The molecular formula is C21H23N3O2. The van der Waals surface area contributed by atoms with E-state index in [0.29, 0.717) is 19.4 Å². The lowest BCUT2D eigenvalue weighted by Crippen LogP contribution is -2.23. The van der Waals surface area contributed by atoms with Gasteiger partial charge < -0.3 is 9.73 Å². The Labute approximate surface area is 152 Å². The Morgan fingerprint density at radius 1 is 1.19 bits per heavy atom. The van der Waals surface area contributed by atoms with Gasteiger partial charge in [-0.15, -0.1) is 0 Å². The van der Waals surface area contributed by atoms with Gasteiger partial charge in [0.1, 0.15) is 11.5 Å². The average Bonchev–Trinajstić information content (AvgIpc) is 3.36. The van der Waals surface area contributed by atoms with Crippen molar-refractivity contribution in [3.05, 3.63) is 64.7 Å². The molecule has 0 radical (unpaired) electrons. The van der Waals surface area contributed by atoms with Gasteiger partial charge in [-0.25, -0.2) is 0 Å². The third-order valence-electron chi connectivity index (χ3n) is 4.94. The molecule has 0 spiro atoms. The third-order valence-corrected chi connectivity index (χ3v) is 4.94. The summed E-state index contributed by atoms with van der Waals surface area (Å²) in [4.78, 5) is 12.1. The van der Waals surface area contributed by atoms with Gasteiger partial charge in [0.25, 0.3) is 0 Å². The highest BCUT2D eigenvalue weighted by molar-refractivity contribution is 5.76. The highest BCUT2D eigenvalue weighted by atomic mass is 16.3. The average molecular weight is 349 g/mol. The maximum Gasteiger partial charge on any atom is 0.220 e. The van der Waals surface area contributed by atoms with Gasteiger partial charge in [0, 0.05) is 24.1 Å². The molecule has 0 saturated heterocycles. The Balaban J connectivity index is 1.28. The molecule has 1 aliphatic rings. The minimum Gasteiger partial charge on any atom is -0.461 e. The molecule has 0 atom stereocenters. The number of aromatic amines is 1. The maximum absolute atomic E-state index is 12.1. The van der Waals surface area contributed by atoms with Crippen LogP contribution >= 0.6 is 0 Å². The normalized spacial score (nSPS) is 13.0. The largest absolute Gasteiger partial charge is 0.461 e. The van der Waals surface area contributed by atoms with Crippen LogP contribution in [0.25, 0.3) is 11.3 Å². The van der Waals surface area contributed by atoms with Crippen molar-refractivity contribution >= 4 is 5.91 Å². The molecule has 1 aliphatic carbocycles. The van der Waals surface area contributed by atoms with Crippen LogP contribution < -0.4 is 5.32 Å². The Hall–Kier alpha value is -2.82. The van der Waals surface area contributed by atoms with Crippen molar-refractivity contribution in [1.82, 2.24) is 15.5 Å². The van der Waals surface area contributed by atoms with Crippen LogP contribution in [-0.2, 0) is 30.6 Å². The first kappa shape index (κ1) is 16.6. The predicted molar refractivity (Wildman–Crippen MR) is 99.7 cm³/mol. The molecule has 0 unspecified atom stereocenters. The van der Waals surface area contributed by atoms with Crippen molar-refractivity contribution in [3.63, 3.8) is 0 Å². The maximum atomic E-state index is 12.1. The fraction of sp³-hybridized carbons (Fsp3) is 0.333. The highest BCUT2D eigenvalue weighted by Crippen LogP contribution is 2.24. The number of benzene rings is 1. The summed E-state index contributed by atoms with van der Waals surface area (Å²) < 4.78 is 5.87. The van der Waals surface area contributed by atoms with Gasteiger partial charge in [-0.3, -0.25) is 9.89 Å². The fourth-order valence-corrected chi connectivity index (χ4v) is 3.43. The second kappa shape index (κ2) is 7.20.